The topological polar surface area (TPSA) is 404 Å². The molecule has 1 aromatic rings. The molecule has 11 rings (SSSR count). The molecule has 2 spiro atoms. The molecule has 0 amide bonds. The van der Waals surface area contributed by atoms with Gasteiger partial charge in [0.25, 0.3) is 5.97 Å². The van der Waals surface area contributed by atoms with Gasteiger partial charge >= 0.3 is 11.9 Å². The lowest BCUT2D eigenvalue weighted by Crippen LogP contribution is -2.72. The van der Waals surface area contributed by atoms with E-state index in [9.17, 15) is 55.9 Å². The van der Waals surface area contributed by atoms with Gasteiger partial charge in [0, 0.05) is 27.1 Å². The molecular weight excluding hydrogens is 1230 g/mol. The van der Waals surface area contributed by atoms with Crippen LogP contribution in [0.3, 0.4) is 0 Å². The SMILES string of the molecule is COC[C@H]1O[C@@H](O[C@H]2OC[C@@H]3O[C@]4(O[C@H]3[C@H]2O)O[C@H](C)[C@@](O)(C(C)O)[C@@H]2OCO[C@H]24)[C@@H](O)[C@@H](O)[C@@H]1O[C@@H]1O[C@H](C)[C@H](OC)[C@H](O[C@H]2C[C@@]3(C)OC4(C[C@@H](O)[C@H](O[C@H]5C[C@@H](O)[C@H](OC(=O)c6c(C)c(Cl)c(O)c(Cl)c6O)[C@@H](C)O5)[C@@H](C)O4)O[C@@H]3[C@@H](C)O2)[C@H]1O. The van der Waals surface area contributed by atoms with Crippen LogP contribution in [0.1, 0.15) is 83.7 Å². The number of hydrogen-bond acceptors (Lipinski definition) is 31. The van der Waals surface area contributed by atoms with Crippen LogP contribution in [0.15, 0.2) is 0 Å². The quantitative estimate of drug-likeness (QED) is 0.0966. The van der Waals surface area contributed by atoms with Crippen molar-refractivity contribution < 1.29 is 151 Å². The third-order valence-electron chi connectivity index (χ3n) is 18.4. The molecule has 10 aliphatic heterocycles. The van der Waals surface area contributed by atoms with Crippen LogP contribution in [0.5, 0.6) is 11.5 Å². The van der Waals surface area contributed by atoms with E-state index in [4.69, 9.17) is 118 Å². The molecule has 31 nitrogen and oxygen atoms in total. The number of aliphatic hydroxyl groups excluding tert-OH is 7. The first-order chi connectivity index (χ1) is 41.5. The molecule has 32 atom stereocenters. The summed E-state index contributed by atoms with van der Waals surface area (Å²) in [4.78, 5) is 13.3. The van der Waals surface area contributed by atoms with E-state index in [1.807, 2.05) is 0 Å². The number of benzene rings is 1. The first-order valence-corrected chi connectivity index (χ1v) is 30.0. The normalized spacial score (nSPS) is 50.6. The van der Waals surface area contributed by atoms with Crippen LogP contribution in [0.25, 0.3) is 0 Å². The zero-order valence-electron chi connectivity index (χ0n) is 49.7. The highest BCUT2D eigenvalue weighted by Gasteiger charge is 2.72. The standard InChI is InChI=1S/C55H80Cl2O31/c1-17-30(33(61)32(57)34(62)31(17)56)48(67)80-39-18(2)74-28(11-24(39)59)78-40-20(4)83-53(12-25(40)60)87-45-21(5)75-29(13-52(45,8)88-53)79-44-38(66)51(76-19(3)41(44)70-10)81-42-26(14-69-9)77-50(36(64)35(42)63)82-49-37(65)43-27(15-71-49)85-55(86-43)47-46(72-16-73-47)54(68,22(6)58)23(7)84-55/h18-29,35-47,49-51,58-66,68H,11-16H2,1-10H3/t18-,19-,20-,21-,22?,23-,24-,25-,26-,27+,28+,29+,35-,36+,37-,38-,39-,40-,41+,42-,43-,44-,45-,46-,47-,49-,50+,51+,52-,53?,54+,55-/m1/s1. The maximum atomic E-state index is 13.3. The van der Waals surface area contributed by atoms with Gasteiger partial charge in [-0.1, -0.05) is 23.2 Å². The largest absolute Gasteiger partial charge is 0.505 e. The van der Waals surface area contributed by atoms with Gasteiger partial charge in [0.1, 0.15) is 108 Å². The first kappa shape index (κ1) is 67.2. The summed E-state index contributed by atoms with van der Waals surface area (Å²) in [6.07, 6.45) is -35.4. The summed E-state index contributed by atoms with van der Waals surface area (Å²) in [7, 11) is 2.75. The minimum atomic E-state index is -2.00. The van der Waals surface area contributed by atoms with Crippen molar-refractivity contribution >= 4 is 29.2 Å². The third-order valence-corrected chi connectivity index (χ3v) is 19.2. The summed E-state index contributed by atoms with van der Waals surface area (Å²) in [6, 6.07) is 0. The van der Waals surface area contributed by atoms with E-state index in [2.05, 4.69) is 0 Å². The Labute approximate surface area is 514 Å². The second-order valence-electron chi connectivity index (χ2n) is 24.4. The highest BCUT2D eigenvalue weighted by molar-refractivity contribution is 6.39. The van der Waals surface area contributed by atoms with Crippen LogP contribution in [-0.4, -0.2) is 286 Å². The number of esters is 1. The molecule has 10 fully saturated rings. The predicted molar refractivity (Wildman–Crippen MR) is 285 cm³/mol. The van der Waals surface area contributed by atoms with Gasteiger partial charge in [0.05, 0.1) is 73.5 Å². The number of ether oxygens (including phenoxy) is 20. The van der Waals surface area contributed by atoms with Crippen LogP contribution in [0.4, 0.5) is 0 Å². The van der Waals surface area contributed by atoms with Crippen molar-refractivity contribution in [3.8, 4) is 11.5 Å². The maximum absolute atomic E-state index is 13.3. The van der Waals surface area contributed by atoms with Crippen molar-refractivity contribution in [1.29, 1.82) is 0 Å². The number of fused-ring (bicyclic) bond motifs is 4. The van der Waals surface area contributed by atoms with E-state index in [-0.39, 0.29) is 49.9 Å². The number of hydrogen-bond donors (Lipinski definition) is 10. The van der Waals surface area contributed by atoms with Gasteiger partial charge in [0.15, 0.2) is 55.2 Å². The summed E-state index contributed by atoms with van der Waals surface area (Å²) >= 11 is 12.1. The summed E-state index contributed by atoms with van der Waals surface area (Å²) < 4.78 is 122. The Morgan fingerprint density at radius 1 is 0.659 bits per heavy atom. The lowest BCUT2D eigenvalue weighted by atomic mass is 9.80. The molecule has 2 unspecified atom stereocenters. The Balaban J connectivity index is 0.694. The summed E-state index contributed by atoms with van der Waals surface area (Å²) in [5, 5.41) is 112. The number of phenolic OH excluding ortho intramolecular Hbond substituents is 2. The molecule has 33 heteroatoms. The van der Waals surface area contributed by atoms with Crippen molar-refractivity contribution in [1.82, 2.24) is 0 Å². The fourth-order valence-electron chi connectivity index (χ4n) is 13.9. The molecule has 0 radical (unpaired) electrons. The molecule has 0 bridgehead atoms. The first-order valence-electron chi connectivity index (χ1n) is 29.3. The Hall–Kier alpha value is -2.21. The van der Waals surface area contributed by atoms with E-state index < -0.39 is 223 Å². The Morgan fingerprint density at radius 2 is 1.34 bits per heavy atom. The average Bonchev–Trinajstić information content (AvgIpc) is 1.64. The van der Waals surface area contributed by atoms with Crippen molar-refractivity contribution in [2.45, 2.75) is 270 Å². The molecule has 500 valence electrons. The van der Waals surface area contributed by atoms with Crippen LogP contribution in [-0.2, 0) is 94.7 Å². The summed E-state index contributed by atoms with van der Waals surface area (Å²) in [5.41, 5.74) is -3.53. The lowest BCUT2D eigenvalue weighted by molar-refractivity contribution is -0.439. The second-order valence-corrected chi connectivity index (χ2v) is 25.2. The number of halogens is 2. The summed E-state index contributed by atoms with van der Waals surface area (Å²) in [6.45, 7) is 11.8. The number of carbonyl (C=O) groups is 1. The van der Waals surface area contributed by atoms with E-state index in [1.165, 1.54) is 41.9 Å². The number of carbonyl (C=O) groups excluding carboxylic acids is 1. The van der Waals surface area contributed by atoms with Gasteiger partial charge in [-0.25, -0.2) is 4.79 Å². The minimum absolute atomic E-state index is 0.00631. The summed E-state index contributed by atoms with van der Waals surface area (Å²) in [5.74, 6) is -6.27. The zero-order chi connectivity index (χ0) is 63.6. The smallest absolute Gasteiger partial charge is 0.342 e. The van der Waals surface area contributed by atoms with E-state index >= 15 is 0 Å². The number of phenols is 2. The molecule has 1 aromatic carbocycles. The molecule has 10 N–H and O–H groups in total. The monoisotopic (exact) mass is 1310 g/mol. The predicted octanol–water partition coefficient (Wildman–Crippen LogP) is -1.32. The molecule has 10 saturated heterocycles. The minimum Gasteiger partial charge on any atom is -0.505 e. The van der Waals surface area contributed by atoms with Crippen molar-refractivity contribution in [2.75, 3.05) is 34.2 Å². The molecule has 0 aromatic heterocycles. The van der Waals surface area contributed by atoms with Gasteiger partial charge < -0.3 is 146 Å². The molecule has 10 heterocycles. The molecule has 0 saturated carbocycles. The van der Waals surface area contributed by atoms with Crippen molar-refractivity contribution in [2.24, 2.45) is 0 Å². The number of methoxy groups -OCH3 is 2. The average molecular weight is 1310 g/mol. The van der Waals surface area contributed by atoms with E-state index in [0.29, 0.717) is 0 Å². The fourth-order valence-corrected chi connectivity index (χ4v) is 14.3. The number of aromatic hydroxyl groups is 2. The molecular formula is C55H80Cl2O31. The Bertz CT molecular complexity index is 2600. The highest BCUT2D eigenvalue weighted by atomic mass is 35.5. The molecule has 0 aliphatic carbocycles. The lowest BCUT2D eigenvalue weighted by Gasteiger charge is -2.51. The van der Waals surface area contributed by atoms with Crippen molar-refractivity contribution in [3.05, 3.63) is 21.2 Å². The van der Waals surface area contributed by atoms with Crippen LogP contribution in [0, 0.1) is 6.92 Å². The van der Waals surface area contributed by atoms with Crippen LogP contribution >= 0.6 is 23.2 Å². The van der Waals surface area contributed by atoms with E-state index in [1.54, 1.807) is 27.7 Å². The van der Waals surface area contributed by atoms with Crippen molar-refractivity contribution in [3.63, 3.8) is 0 Å². The fraction of sp³-hybridized carbons (Fsp3) is 0.873. The van der Waals surface area contributed by atoms with Crippen LogP contribution < -0.4 is 0 Å². The number of rotatable bonds is 14. The maximum Gasteiger partial charge on any atom is 0.342 e. The molecule has 88 heavy (non-hydrogen) atoms. The van der Waals surface area contributed by atoms with Gasteiger partial charge in [-0.2, -0.15) is 0 Å². The third kappa shape index (κ3) is 11.8. The zero-order valence-corrected chi connectivity index (χ0v) is 51.2. The number of aliphatic hydroxyl groups is 8. The van der Waals surface area contributed by atoms with Gasteiger partial charge in [-0.3, -0.25) is 0 Å². The van der Waals surface area contributed by atoms with Crippen LogP contribution in [0.2, 0.25) is 10.0 Å². The van der Waals surface area contributed by atoms with Gasteiger partial charge in [0.2, 0.25) is 0 Å². The van der Waals surface area contributed by atoms with Gasteiger partial charge in [-0.05, 0) is 61.0 Å². The molecule has 10 aliphatic rings. The highest BCUT2D eigenvalue weighted by Crippen LogP contribution is 2.53. The Morgan fingerprint density at radius 3 is 2.02 bits per heavy atom. The Kier molecular flexibility index (Phi) is 19.5. The van der Waals surface area contributed by atoms with Gasteiger partial charge in [-0.15, -0.1) is 0 Å². The second kappa shape index (κ2) is 25.5. The van der Waals surface area contributed by atoms with E-state index in [0.717, 1.165) is 0 Å².